The van der Waals surface area contributed by atoms with Gasteiger partial charge in [-0.2, -0.15) is 0 Å². The number of tetrazole rings is 1. The summed E-state index contributed by atoms with van der Waals surface area (Å²) in [6.45, 7) is 5.04. The fourth-order valence-corrected chi connectivity index (χ4v) is 4.29. The number of aryl methyl sites for hydroxylation is 2. The number of benzene rings is 2. The van der Waals surface area contributed by atoms with Gasteiger partial charge >= 0.3 is 0 Å². The van der Waals surface area contributed by atoms with Gasteiger partial charge in [-0.05, 0) is 72.5 Å². The number of rotatable bonds is 8. The largest absolute Gasteiger partial charge is 0.497 e. The van der Waals surface area contributed by atoms with E-state index in [-0.39, 0.29) is 6.04 Å². The average molecular weight is 422 g/mol. The number of likely N-dealkylation sites (tertiary alicyclic amines) is 1. The van der Waals surface area contributed by atoms with Crippen molar-refractivity contribution in [3.8, 4) is 11.5 Å². The minimum Gasteiger partial charge on any atom is -0.497 e. The van der Waals surface area contributed by atoms with E-state index in [1.807, 2.05) is 22.9 Å². The molecule has 0 unspecified atom stereocenters. The number of ether oxygens (including phenoxy) is 2. The van der Waals surface area contributed by atoms with E-state index in [9.17, 15) is 0 Å². The number of hydrogen-bond acceptors (Lipinski definition) is 6. The zero-order chi connectivity index (χ0) is 21.6. The summed E-state index contributed by atoms with van der Waals surface area (Å²) < 4.78 is 13.2. The van der Waals surface area contributed by atoms with Crippen molar-refractivity contribution in [3.05, 3.63) is 65.5 Å². The molecule has 1 aromatic heterocycles. The van der Waals surface area contributed by atoms with Gasteiger partial charge in [-0.1, -0.05) is 37.3 Å². The first-order valence-corrected chi connectivity index (χ1v) is 11.0. The van der Waals surface area contributed by atoms with Crippen LogP contribution in [0, 0.1) is 5.92 Å². The van der Waals surface area contributed by atoms with Crippen molar-refractivity contribution in [1.82, 2.24) is 25.1 Å². The van der Waals surface area contributed by atoms with Crippen LogP contribution in [0.1, 0.15) is 42.8 Å². The second kappa shape index (κ2) is 9.92. The Morgan fingerprint density at radius 1 is 1.03 bits per heavy atom. The summed E-state index contributed by atoms with van der Waals surface area (Å²) in [5.74, 6) is 3.20. The first-order valence-electron chi connectivity index (χ1n) is 11.0. The van der Waals surface area contributed by atoms with Crippen LogP contribution in [0.15, 0.2) is 48.5 Å². The molecular formula is C24H31N5O2. The second-order valence-electron chi connectivity index (χ2n) is 8.22. The summed E-state index contributed by atoms with van der Waals surface area (Å²) in [4.78, 5) is 2.47. The van der Waals surface area contributed by atoms with Crippen LogP contribution in [0.2, 0.25) is 0 Å². The minimum absolute atomic E-state index is 0.0941. The predicted octanol–water partition coefficient (Wildman–Crippen LogP) is 3.75. The Kier molecular flexibility index (Phi) is 6.82. The normalized spacial score (nSPS) is 16.2. The molecule has 0 radical (unpaired) electrons. The Bertz CT molecular complexity index is 967. The molecule has 4 rings (SSSR count). The molecule has 1 aliphatic heterocycles. The van der Waals surface area contributed by atoms with Crippen LogP contribution >= 0.6 is 0 Å². The molecule has 31 heavy (non-hydrogen) atoms. The van der Waals surface area contributed by atoms with Crippen molar-refractivity contribution >= 4 is 0 Å². The van der Waals surface area contributed by atoms with E-state index >= 15 is 0 Å². The molecule has 164 valence electrons. The predicted molar refractivity (Wildman–Crippen MR) is 119 cm³/mol. The summed E-state index contributed by atoms with van der Waals surface area (Å²) in [5, 5.41) is 12.9. The molecule has 0 aliphatic carbocycles. The number of aromatic nitrogens is 4. The smallest absolute Gasteiger partial charge is 0.173 e. The highest BCUT2D eigenvalue weighted by Crippen LogP contribution is 2.38. The summed E-state index contributed by atoms with van der Waals surface area (Å²) in [5.41, 5.74) is 2.30. The summed E-state index contributed by atoms with van der Waals surface area (Å²) in [7, 11) is 3.39. The first-order chi connectivity index (χ1) is 15.2. The van der Waals surface area contributed by atoms with Gasteiger partial charge in [0.15, 0.2) is 5.82 Å². The van der Waals surface area contributed by atoms with Gasteiger partial charge in [-0.15, -0.1) is 5.10 Å². The molecule has 7 nitrogen and oxygen atoms in total. The minimum atomic E-state index is -0.0941. The quantitative estimate of drug-likeness (QED) is 0.552. The molecule has 0 amide bonds. The van der Waals surface area contributed by atoms with Crippen LogP contribution < -0.4 is 9.47 Å². The lowest BCUT2D eigenvalue weighted by molar-refractivity contribution is 0.147. The van der Waals surface area contributed by atoms with E-state index in [4.69, 9.17) is 9.47 Å². The summed E-state index contributed by atoms with van der Waals surface area (Å²) >= 11 is 0. The van der Waals surface area contributed by atoms with Crippen LogP contribution in [0.5, 0.6) is 11.5 Å². The number of piperidine rings is 1. The van der Waals surface area contributed by atoms with Crippen molar-refractivity contribution < 1.29 is 9.47 Å². The van der Waals surface area contributed by atoms with E-state index in [1.165, 1.54) is 5.56 Å². The molecule has 2 aromatic carbocycles. The fraction of sp³-hybridized carbons (Fsp3) is 0.458. The van der Waals surface area contributed by atoms with E-state index < -0.39 is 0 Å². The molecule has 1 atom stereocenters. The molecule has 0 saturated carbocycles. The number of nitrogens with zero attached hydrogens (tertiary/aromatic N) is 5. The monoisotopic (exact) mass is 421 g/mol. The number of methoxy groups -OCH3 is 2. The van der Waals surface area contributed by atoms with Crippen molar-refractivity contribution in [2.45, 2.75) is 38.8 Å². The topological polar surface area (TPSA) is 65.3 Å². The van der Waals surface area contributed by atoms with Gasteiger partial charge in [0.05, 0.1) is 14.2 Å². The van der Waals surface area contributed by atoms with Crippen LogP contribution in [0.25, 0.3) is 0 Å². The lowest BCUT2D eigenvalue weighted by Gasteiger charge is -2.36. The van der Waals surface area contributed by atoms with Crippen molar-refractivity contribution in [1.29, 1.82) is 0 Å². The third-order valence-corrected chi connectivity index (χ3v) is 6.17. The van der Waals surface area contributed by atoms with Gasteiger partial charge in [-0.3, -0.25) is 4.90 Å². The molecule has 0 N–H and O–H groups in total. The Balaban J connectivity index is 1.70. The van der Waals surface area contributed by atoms with E-state index in [0.717, 1.165) is 67.7 Å². The lowest BCUT2D eigenvalue weighted by Crippen LogP contribution is -2.38. The zero-order valence-electron chi connectivity index (χ0n) is 18.6. The second-order valence-corrected chi connectivity index (χ2v) is 8.22. The maximum atomic E-state index is 5.74. The Hall–Kier alpha value is -2.93. The van der Waals surface area contributed by atoms with Crippen molar-refractivity contribution in [3.63, 3.8) is 0 Å². The molecule has 7 heteroatoms. The van der Waals surface area contributed by atoms with Gasteiger partial charge < -0.3 is 9.47 Å². The SMILES string of the molecule is COc1ccc(OC)c([C@@H](c2nnnn2CCc2ccccc2)N2CCC(C)CC2)c1. The molecule has 2 heterocycles. The van der Waals surface area contributed by atoms with Crippen LogP contribution in [-0.2, 0) is 13.0 Å². The van der Waals surface area contributed by atoms with Crippen LogP contribution in [-0.4, -0.2) is 52.4 Å². The van der Waals surface area contributed by atoms with E-state index in [2.05, 4.69) is 57.7 Å². The first kappa shape index (κ1) is 21.3. The van der Waals surface area contributed by atoms with Gasteiger partial charge in [0.1, 0.15) is 17.5 Å². The highest BCUT2D eigenvalue weighted by atomic mass is 16.5. The number of hydrogen-bond donors (Lipinski definition) is 0. The third kappa shape index (κ3) is 4.88. The zero-order valence-corrected chi connectivity index (χ0v) is 18.6. The van der Waals surface area contributed by atoms with E-state index in [0.29, 0.717) is 0 Å². The molecule has 0 bridgehead atoms. The van der Waals surface area contributed by atoms with Crippen LogP contribution in [0.3, 0.4) is 0 Å². The van der Waals surface area contributed by atoms with Crippen molar-refractivity contribution in [2.75, 3.05) is 27.3 Å². The maximum absolute atomic E-state index is 5.74. The summed E-state index contributed by atoms with van der Waals surface area (Å²) in [6, 6.07) is 16.3. The Morgan fingerprint density at radius 2 is 1.81 bits per heavy atom. The van der Waals surface area contributed by atoms with Crippen LogP contribution in [0.4, 0.5) is 0 Å². The summed E-state index contributed by atoms with van der Waals surface area (Å²) in [6.07, 6.45) is 3.20. The third-order valence-electron chi connectivity index (χ3n) is 6.17. The molecule has 1 fully saturated rings. The highest BCUT2D eigenvalue weighted by Gasteiger charge is 2.32. The molecule has 3 aromatic rings. The van der Waals surface area contributed by atoms with Gasteiger partial charge in [0.2, 0.25) is 0 Å². The van der Waals surface area contributed by atoms with Gasteiger partial charge in [-0.25, -0.2) is 4.68 Å². The lowest BCUT2D eigenvalue weighted by atomic mass is 9.95. The van der Waals surface area contributed by atoms with Gasteiger partial charge in [0, 0.05) is 12.1 Å². The molecular weight excluding hydrogens is 390 g/mol. The molecule has 1 saturated heterocycles. The maximum Gasteiger partial charge on any atom is 0.173 e. The van der Waals surface area contributed by atoms with Gasteiger partial charge in [0.25, 0.3) is 0 Å². The average Bonchev–Trinajstić information content (AvgIpc) is 3.28. The van der Waals surface area contributed by atoms with E-state index in [1.54, 1.807) is 14.2 Å². The van der Waals surface area contributed by atoms with Crippen molar-refractivity contribution in [2.24, 2.45) is 5.92 Å². The molecule has 1 aliphatic rings. The Morgan fingerprint density at radius 3 is 2.52 bits per heavy atom. The molecule has 0 spiro atoms. The standard InChI is InChI=1S/C24H31N5O2/c1-18-11-14-28(15-12-18)23(21-17-20(30-2)9-10-22(21)31-3)24-25-26-27-29(24)16-13-19-7-5-4-6-8-19/h4-10,17-18,23H,11-16H2,1-3H3/t23-/m0/s1. The highest BCUT2D eigenvalue weighted by molar-refractivity contribution is 5.44. The Labute approximate surface area is 184 Å². The fourth-order valence-electron chi connectivity index (χ4n) is 4.29.